The zero-order valence-electron chi connectivity index (χ0n) is 12.8. The van der Waals surface area contributed by atoms with Crippen molar-refractivity contribution in [1.29, 1.82) is 0 Å². The van der Waals surface area contributed by atoms with Crippen molar-refractivity contribution in [3.63, 3.8) is 0 Å². The fourth-order valence-corrected chi connectivity index (χ4v) is 2.30. The van der Waals surface area contributed by atoms with Crippen molar-refractivity contribution in [2.75, 3.05) is 17.2 Å². The van der Waals surface area contributed by atoms with Crippen molar-refractivity contribution < 1.29 is 0 Å². The van der Waals surface area contributed by atoms with Crippen LogP contribution in [0.4, 0.5) is 11.6 Å². The predicted octanol–water partition coefficient (Wildman–Crippen LogP) is 5.45. The highest BCUT2D eigenvalue weighted by molar-refractivity contribution is 6.37. The molecule has 0 saturated carbocycles. The Labute approximate surface area is 132 Å². The molecule has 0 saturated heterocycles. The molecule has 1 aromatic heterocycles. The highest BCUT2D eigenvalue weighted by Crippen LogP contribution is 2.30. The maximum absolute atomic E-state index is 6.21. The first-order chi connectivity index (χ1) is 9.43. The summed E-state index contributed by atoms with van der Waals surface area (Å²) in [5.41, 5.74) is 0. The van der Waals surface area contributed by atoms with Crippen LogP contribution in [-0.4, -0.2) is 17.6 Å². The molecule has 20 heavy (non-hydrogen) atoms. The van der Waals surface area contributed by atoms with Crippen LogP contribution in [0.1, 0.15) is 47.0 Å². The van der Waals surface area contributed by atoms with Crippen LogP contribution in [0.2, 0.25) is 10.0 Å². The van der Waals surface area contributed by atoms with Crippen LogP contribution in [0, 0.1) is 5.92 Å². The zero-order chi connectivity index (χ0) is 15.1. The third-order valence-corrected chi connectivity index (χ3v) is 3.61. The summed E-state index contributed by atoms with van der Waals surface area (Å²) in [4.78, 5) is 4.49. The Morgan fingerprint density at radius 3 is 2.35 bits per heavy atom. The summed E-state index contributed by atoms with van der Waals surface area (Å²) >= 11 is 12.3. The van der Waals surface area contributed by atoms with Gasteiger partial charge in [0.1, 0.15) is 11.6 Å². The molecule has 0 aromatic carbocycles. The third-order valence-electron chi connectivity index (χ3n) is 3.03. The molecule has 114 valence electrons. The summed E-state index contributed by atoms with van der Waals surface area (Å²) in [5.74, 6) is 2.09. The SMILES string of the molecule is CCCNc1nc(NC(C)CCC(C)C)c(Cl)cc1Cl. The van der Waals surface area contributed by atoms with Gasteiger partial charge in [-0.15, -0.1) is 0 Å². The van der Waals surface area contributed by atoms with Crippen molar-refractivity contribution in [2.24, 2.45) is 5.92 Å². The summed E-state index contributed by atoms with van der Waals surface area (Å²) in [5, 5.41) is 7.70. The molecule has 0 fully saturated rings. The quantitative estimate of drug-likeness (QED) is 0.669. The largest absolute Gasteiger partial charge is 0.369 e. The van der Waals surface area contributed by atoms with E-state index in [1.54, 1.807) is 6.07 Å². The van der Waals surface area contributed by atoms with Gasteiger partial charge in [0.25, 0.3) is 0 Å². The van der Waals surface area contributed by atoms with E-state index < -0.39 is 0 Å². The first-order valence-electron chi connectivity index (χ1n) is 7.30. The second-order valence-corrected chi connectivity index (χ2v) is 6.41. The van der Waals surface area contributed by atoms with Gasteiger partial charge in [-0.25, -0.2) is 4.98 Å². The number of hydrogen-bond donors (Lipinski definition) is 2. The molecule has 1 aromatic rings. The van der Waals surface area contributed by atoms with E-state index in [1.807, 2.05) is 0 Å². The van der Waals surface area contributed by atoms with E-state index in [2.05, 4.69) is 43.3 Å². The number of hydrogen-bond acceptors (Lipinski definition) is 3. The van der Waals surface area contributed by atoms with Crippen LogP contribution in [0.25, 0.3) is 0 Å². The average Bonchev–Trinajstić information content (AvgIpc) is 2.38. The monoisotopic (exact) mass is 317 g/mol. The number of anilines is 2. The van der Waals surface area contributed by atoms with Gasteiger partial charge in [0.15, 0.2) is 0 Å². The average molecular weight is 318 g/mol. The molecule has 0 aliphatic carbocycles. The lowest BCUT2D eigenvalue weighted by molar-refractivity contribution is 0.527. The first kappa shape index (κ1) is 17.4. The van der Waals surface area contributed by atoms with Gasteiger partial charge in [-0.3, -0.25) is 0 Å². The summed E-state index contributed by atoms with van der Waals surface area (Å²) in [6.45, 7) is 9.55. The van der Waals surface area contributed by atoms with E-state index in [0.29, 0.717) is 33.6 Å². The Morgan fingerprint density at radius 1 is 1.10 bits per heavy atom. The fourth-order valence-electron chi connectivity index (χ4n) is 1.82. The van der Waals surface area contributed by atoms with E-state index >= 15 is 0 Å². The van der Waals surface area contributed by atoms with E-state index in [9.17, 15) is 0 Å². The van der Waals surface area contributed by atoms with Gasteiger partial charge in [0.05, 0.1) is 10.0 Å². The number of nitrogens with zero attached hydrogens (tertiary/aromatic N) is 1. The Bertz CT molecular complexity index is 422. The van der Waals surface area contributed by atoms with Gasteiger partial charge in [0.2, 0.25) is 0 Å². The van der Waals surface area contributed by atoms with Crippen molar-refractivity contribution >= 4 is 34.8 Å². The lowest BCUT2D eigenvalue weighted by Gasteiger charge is -2.18. The normalized spacial score (nSPS) is 12.6. The fraction of sp³-hybridized carbons (Fsp3) is 0.667. The molecule has 0 radical (unpaired) electrons. The van der Waals surface area contributed by atoms with Crippen molar-refractivity contribution in [1.82, 2.24) is 4.98 Å². The Hall–Kier alpha value is -0.670. The molecule has 1 rings (SSSR count). The minimum absolute atomic E-state index is 0.336. The minimum Gasteiger partial charge on any atom is -0.369 e. The number of pyridine rings is 1. The summed E-state index contributed by atoms with van der Waals surface area (Å²) in [7, 11) is 0. The number of rotatable bonds is 8. The van der Waals surface area contributed by atoms with Gasteiger partial charge >= 0.3 is 0 Å². The smallest absolute Gasteiger partial charge is 0.147 e. The van der Waals surface area contributed by atoms with Gasteiger partial charge in [0, 0.05) is 12.6 Å². The van der Waals surface area contributed by atoms with E-state index in [-0.39, 0.29) is 0 Å². The Morgan fingerprint density at radius 2 is 1.75 bits per heavy atom. The van der Waals surface area contributed by atoms with Gasteiger partial charge < -0.3 is 10.6 Å². The molecule has 0 amide bonds. The summed E-state index contributed by atoms with van der Waals surface area (Å²) in [6.07, 6.45) is 3.30. The van der Waals surface area contributed by atoms with Crippen LogP contribution in [-0.2, 0) is 0 Å². The molecule has 3 nitrogen and oxygen atoms in total. The van der Waals surface area contributed by atoms with Gasteiger partial charge in [-0.2, -0.15) is 0 Å². The molecule has 0 bridgehead atoms. The molecule has 0 aliphatic heterocycles. The maximum atomic E-state index is 6.21. The van der Waals surface area contributed by atoms with Gasteiger partial charge in [-0.1, -0.05) is 44.0 Å². The molecule has 2 N–H and O–H groups in total. The van der Waals surface area contributed by atoms with Crippen LogP contribution >= 0.6 is 23.2 Å². The molecular weight excluding hydrogens is 293 g/mol. The predicted molar refractivity (Wildman–Crippen MR) is 90.2 cm³/mol. The molecule has 5 heteroatoms. The second-order valence-electron chi connectivity index (χ2n) is 5.59. The Kier molecular flexibility index (Phi) is 7.46. The van der Waals surface area contributed by atoms with Crippen molar-refractivity contribution in [3.05, 3.63) is 16.1 Å². The van der Waals surface area contributed by atoms with Crippen LogP contribution in [0.5, 0.6) is 0 Å². The Balaban J connectivity index is 2.73. The molecule has 1 atom stereocenters. The van der Waals surface area contributed by atoms with Crippen molar-refractivity contribution in [2.45, 2.75) is 53.0 Å². The molecule has 0 aliphatic rings. The highest BCUT2D eigenvalue weighted by Gasteiger charge is 2.11. The highest BCUT2D eigenvalue weighted by atomic mass is 35.5. The standard InChI is InChI=1S/C15H25Cl2N3/c1-5-8-18-14-12(16)9-13(17)15(20-14)19-11(4)7-6-10(2)3/h9-11H,5-8H2,1-4H3,(H2,18,19,20). The first-order valence-corrected chi connectivity index (χ1v) is 8.06. The maximum Gasteiger partial charge on any atom is 0.147 e. The summed E-state index contributed by atoms with van der Waals surface area (Å²) < 4.78 is 0. The van der Waals surface area contributed by atoms with Crippen LogP contribution in [0.3, 0.4) is 0 Å². The van der Waals surface area contributed by atoms with E-state index in [4.69, 9.17) is 23.2 Å². The van der Waals surface area contributed by atoms with Crippen LogP contribution in [0.15, 0.2) is 6.07 Å². The number of halogens is 2. The topological polar surface area (TPSA) is 37.0 Å². The molecular formula is C15H25Cl2N3. The summed E-state index contributed by atoms with van der Waals surface area (Å²) in [6, 6.07) is 2.08. The lowest BCUT2D eigenvalue weighted by atomic mass is 10.0. The lowest BCUT2D eigenvalue weighted by Crippen LogP contribution is -2.17. The third kappa shape index (κ3) is 5.76. The number of aromatic nitrogens is 1. The van der Waals surface area contributed by atoms with Crippen molar-refractivity contribution in [3.8, 4) is 0 Å². The van der Waals surface area contributed by atoms with E-state index in [0.717, 1.165) is 19.4 Å². The molecule has 1 unspecified atom stereocenters. The van der Waals surface area contributed by atoms with E-state index in [1.165, 1.54) is 6.42 Å². The zero-order valence-corrected chi connectivity index (χ0v) is 14.3. The second kappa shape index (κ2) is 8.58. The number of nitrogens with one attached hydrogen (secondary N) is 2. The van der Waals surface area contributed by atoms with Gasteiger partial charge in [-0.05, 0) is 38.2 Å². The molecule has 0 spiro atoms. The minimum atomic E-state index is 0.336. The van der Waals surface area contributed by atoms with Crippen LogP contribution < -0.4 is 10.6 Å². The molecule has 1 heterocycles.